The van der Waals surface area contributed by atoms with Gasteiger partial charge in [0.05, 0.1) is 0 Å². The Bertz CT molecular complexity index is 778. The van der Waals surface area contributed by atoms with Crippen LogP contribution in [0.1, 0.15) is 10.5 Å². The molecule has 2 N–H and O–H groups in total. The van der Waals surface area contributed by atoms with Crippen molar-refractivity contribution >= 4 is 45.7 Å². The summed E-state index contributed by atoms with van der Waals surface area (Å²) in [6, 6.07) is 14.2. The Balaban J connectivity index is 1.86. The van der Waals surface area contributed by atoms with Crippen LogP contribution in [0.2, 0.25) is 10.0 Å². The lowest BCUT2D eigenvalue weighted by molar-refractivity contribution is 0.102. The van der Waals surface area contributed by atoms with Gasteiger partial charge in [0.15, 0.2) is 0 Å². The number of halogens is 2. The lowest BCUT2D eigenvalue weighted by atomic mass is 10.2. The molecule has 0 saturated carbocycles. The second-order valence-corrected chi connectivity index (χ2v) is 5.25. The minimum atomic E-state index is -0.209. The van der Waals surface area contributed by atoms with Gasteiger partial charge in [-0.2, -0.15) is 0 Å². The first-order chi connectivity index (χ1) is 9.61. The van der Waals surface area contributed by atoms with Crippen LogP contribution in [0.3, 0.4) is 0 Å². The normalized spacial score (nSPS) is 10.7. The summed E-state index contributed by atoms with van der Waals surface area (Å²) in [4.78, 5) is 15.2. The maximum absolute atomic E-state index is 12.1. The number of hydrogen-bond donors (Lipinski definition) is 2. The number of carbonyl (C=O) groups is 1. The first-order valence-electron chi connectivity index (χ1n) is 5.97. The topological polar surface area (TPSA) is 44.9 Å². The van der Waals surface area contributed by atoms with E-state index in [9.17, 15) is 4.79 Å². The number of hydrogen-bond acceptors (Lipinski definition) is 1. The molecule has 0 aliphatic rings. The molecule has 1 amide bonds. The summed E-state index contributed by atoms with van der Waals surface area (Å²) in [6.07, 6.45) is 0. The monoisotopic (exact) mass is 304 g/mol. The van der Waals surface area contributed by atoms with Crippen LogP contribution in [0.15, 0.2) is 48.5 Å². The van der Waals surface area contributed by atoms with Gasteiger partial charge in [-0.3, -0.25) is 4.79 Å². The zero-order valence-corrected chi connectivity index (χ0v) is 11.8. The quantitative estimate of drug-likeness (QED) is 0.706. The standard InChI is InChI=1S/C15H10Cl2N2O/c16-10-3-5-12(6-4-10)18-15(20)14-7-9-1-2-11(17)8-13(9)19-14/h1-8,19H,(H,18,20). The molecular weight excluding hydrogens is 295 g/mol. The lowest BCUT2D eigenvalue weighted by Crippen LogP contribution is -2.11. The molecule has 5 heteroatoms. The summed E-state index contributed by atoms with van der Waals surface area (Å²) in [5.74, 6) is -0.209. The van der Waals surface area contributed by atoms with Crippen molar-refractivity contribution in [3.8, 4) is 0 Å². The molecule has 20 heavy (non-hydrogen) atoms. The van der Waals surface area contributed by atoms with Crippen LogP contribution in [-0.4, -0.2) is 10.9 Å². The highest BCUT2D eigenvalue weighted by Gasteiger charge is 2.10. The molecule has 0 atom stereocenters. The molecule has 0 fully saturated rings. The van der Waals surface area contributed by atoms with Crippen molar-refractivity contribution in [3.05, 3.63) is 64.3 Å². The van der Waals surface area contributed by atoms with Crippen molar-refractivity contribution in [2.75, 3.05) is 5.32 Å². The van der Waals surface area contributed by atoms with E-state index >= 15 is 0 Å². The predicted molar refractivity (Wildman–Crippen MR) is 82.7 cm³/mol. The molecular formula is C15H10Cl2N2O. The van der Waals surface area contributed by atoms with Crippen LogP contribution in [0, 0.1) is 0 Å². The van der Waals surface area contributed by atoms with Gasteiger partial charge >= 0.3 is 0 Å². The highest BCUT2D eigenvalue weighted by Crippen LogP contribution is 2.21. The van der Waals surface area contributed by atoms with Crippen molar-refractivity contribution in [1.82, 2.24) is 4.98 Å². The summed E-state index contributed by atoms with van der Waals surface area (Å²) < 4.78 is 0. The molecule has 3 aromatic rings. The number of amides is 1. The number of aromatic amines is 1. The van der Waals surface area contributed by atoms with Crippen molar-refractivity contribution < 1.29 is 4.79 Å². The van der Waals surface area contributed by atoms with E-state index in [4.69, 9.17) is 23.2 Å². The SMILES string of the molecule is O=C(Nc1ccc(Cl)cc1)c1cc2ccc(Cl)cc2[nH]1. The van der Waals surface area contributed by atoms with E-state index in [0.29, 0.717) is 21.4 Å². The Morgan fingerprint density at radius 2 is 1.65 bits per heavy atom. The Labute approximate surface area is 125 Å². The first kappa shape index (κ1) is 13.0. The molecule has 1 heterocycles. The third-order valence-corrected chi connectivity index (χ3v) is 3.42. The van der Waals surface area contributed by atoms with E-state index in [0.717, 1.165) is 10.9 Å². The van der Waals surface area contributed by atoms with Crippen LogP contribution in [-0.2, 0) is 0 Å². The Kier molecular flexibility index (Phi) is 3.38. The van der Waals surface area contributed by atoms with Crippen molar-refractivity contribution in [2.45, 2.75) is 0 Å². The number of aromatic nitrogens is 1. The van der Waals surface area contributed by atoms with E-state index in [2.05, 4.69) is 10.3 Å². The number of benzene rings is 2. The van der Waals surface area contributed by atoms with E-state index in [1.54, 1.807) is 42.5 Å². The highest BCUT2D eigenvalue weighted by atomic mass is 35.5. The van der Waals surface area contributed by atoms with Gasteiger partial charge in [0.1, 0.15) is 5.69 Å². The Morgan fingerprint density at radius 3 is 2.40 bits per heavy atom. The van der Waals surface area contributed by atoms with Gasteiger partial charge in [0.25, 0.3) is 5.91 Å². The van der Waals surface area contributed by atoms with E-state index in [1.165, 1.54) is 0 Å². The fraction of sp³-hybridized carbons (Fsp3) is 0. The van der Waals surface area contributed by atoms with Crippen LogP contribution in [0.25, 0.3) is 10.9 Å². The fourth-order valence-corrected chi connectivity index (χ4v) is 2.25. The highest BCUT2D eigenvalue weighted by molar-refractivity contribution is 6.31. The summed E-state index contributed by atoms with van der Waals surface area (Å²) >= 11 is 11.7. The lowest BCUT2D eigenvalue weighted by Gasteiger charge is -2.03. The molecule has 100 valence electrons. The van der Waals surface area contributed by atoms with Gasteiger partial charge in [-0.1, -0.05) is 29.3 Å². The average molecular weight is 305 g/mol. The average Bonchev–Trinajstić information content (AvgIpc) is 2.84. The molecule has 0 spiro atoms. The number of rotatable bonds is 2. The Hall–Kier alpha value is -1.97. The van der Waals surface area contributed by atoms with Crippen LogP contribution < -0.4 is 5.32 Å². The van der Waals surface area contributed by atoms with Gasteiger partial charge in [0, 0.05) is 26.6 Å². The number of carbonyl (C=O) groups excluding carboxylic acids is 1. The maximum atomic E-state index is 12.1. The maximum Gasteiger partial charge on any atom is 0.272 e. The predicted octanol–water partition coefficient (Wildman–Crippen LogP) is 4.73. The van der Waals surface area contributed by atoms with Crippen LogP contribution in [0.4, 0.5) is 5.69 Å². The first-order valence-corrected chi connectivity index (χ1v) is 6.72. The van der Waals surface area contributed by atoms with E-state index < -0.39 is 0 Å². The molecule has 0 radical (unpaired) electrons. The summed E-state index contributed by atoms with van der Waals surface area (Å²) in [7, 11) is 0. The molecule has 0 aliphatic carbocycles. The smallest absolute Gasteiger partial charge is 0.272 e. The Morgan fingerprint density at radius 1 is 0.950 bits per heavy atom. The van der Waals surface area contributed by atoms with Gasteiger partial charge in [-0.25, -0.2) is 0 Å². The second-order valence-electron chi connectivity index (χ2n) is 4.38. The van der Waals surface area contributed by atoms with E-state index in [-0.39, 0.29) is 5.91 Å². The van der Waals surface area contributed by atoms with Crippen molar-refractivity contribution in [3.63, 3.8) is 0 Å². The second kappa shape index (κ2) is 5.19. The minimum absolute atomic E-state index is 0.209. The third kappa shape index (κ3) is 2.64. The number of anilines is 1. The molecule has 3 rings (SSSR count). The summed E-state index contributed by atoms with van der Waals surface area (Å²) in [6.45, 7) is 0. The number of fused-ring (bicyclic) bond motifs is 1. The van der Waals surface area contributed by atoms with Crippen molar-refractivity contribution in [2.24, 2.45) is 0 Å². The minimum Gasteiger partial charge on any atom is -0.350 e. The van der Waals surface area contributed by atoms with Gasteiger partial charge < -0.3 is 10.3 Å². The van der Waals surface area contributed by atoms with E-state index in [1.807, 2.05) is 6.07 Å². The summed E-state index contributed by atoms with van der Waals surface area (Å²) in [5, 5.41) is 5.00. The van der Waals surface area contributed by atoms with Gasteiger partial charge in [-0.15, -0.1) is 0 Å². The largest absolute Gasteiger partial charge is 0.350 e. The molecule has 0 aliphatic heterocycles. The van der Waals surface area contributed by atoms with Gasteiger partial charge in [0.2, 0.25) is 0 Å². The molecule has 0 bridgehead atoms. The van der Waals surface area contributed by atoms with Crippen molar-refractivity contribution in [1.29, 1.82) is 0 Å². The number of nitrogens with one attached hydrogen (secondary N) is 2. The molecule has 0 unspecified atom stereocenters. The molecule has 0 saturated heterocycles. The zero-order valence-electron chi connectivity index (χ0n) is 10.3. The summed E-state index contributed by atoms with van der Waals surface area (Å²) in [5.41, 5.74) is 2.01. The van der Waals surface area contributed by atoms with Gasteiger partial charge in [-0.05, 0) is 42.5 Å². The van der Waals surface area contributed by atoms with Crippen LogP contribution >= 0.6 is 23.2 Å². The number of H-pyrrole nitrogens is 1. The molecule has 3 nitrogen and oxygen atoms in total. The zero-order chi connectivity index (χ0) is 14.1. The third-order valence-electron chi connectivity index (χ3n) is 2.93. The molecule has 1 aromatic heterocycles. The van der Waals surface area contributed by atoms with Crippen LogP contribution in [0.5, 0.6) is 0 Å². The molecule has 2 aromatic carbocycles. The fourth-order valence-electron chi connectivity index (χ4n) is 1.95.